The van der Waals surface area contributed by atoms with Crippen molar-refractivity contribution in [1.29, 1.82) is 0 Å². The summed E-state index contributed by atoms with van der Waals surface area (Å²) >= 11 is 0. The van der Waals surface area contributed by atoms with Gasteiger partial charge in [-0.25, -0.2) is 0 Å². The zero-order chi connectivity index (χ0) is 16.1. The van der Waals surface area contributed by atoms with Gasteiger partial charge in [0, 0.05) is 12.2 Å². The van der Waals surface area contributed by atoms with E-state index in [1.54, 1.807) is 0 Å². The molecule has 2 aromatic carbocycles. The molecular formula is C18H21ClN2O3. The number of ether oxygens (including phenoxy) is 2. The summed E-state index contributed by atoms with van der Waals surface area (Å²) in [6, 6.07) is 16.8. The number of para-hydroxylation sites is 1. The minimum absolute atomic E-state index is 0. The summed E-state index contributed by atoms with van der Waals surface area (Å²) in [5.74, 6) is 1.36. The van der Waals surface area contributed by atoms with Crippen molar-refractivity contribution in [3.8, 4) is 11.5 Å². The van der Waals surface area contributed by atoms with Crippen LogP contribution in [0.3, 0.4) is 0 Å². The van der Waals surface area contributed by atoms with Crippen LogP contribution in [-0.2, 0) is 9.53 Å². The number of halogens is 1. The highest BCUT2D eigenvalue weighted by Crippen LogP contribution is 2.24. The lowest BCUT2D eigenvalue weighted by Crippen LogP contribution is -2.29. The summed E-state index contributed by atoms with van der Waals surface area (Å²) in [4.78, 5) is 12.1. The molecule has 0 spiro atoms. The summed E-state index contributed by atoms with van der Waals surface area (Å²) in [5, 5.41) is 2.86. The van der Waals surface area contributed by atoms with Crippen LogP contribution >= 0.6 is 12.4 Å². The van der Waals surface area contributed by atoms with Crippen molar-refractivity contribution in [2.24, 2.45) is 5.73 Å². The van der Waals surface area contributed by atoms with Gasteiger partial charge in [0.25, 0.3) is 5.91 Å². The van der Waals surface area contributed by atoms with Crippen molar-refractivity contribution < 1.29 is 14.3 Å². The molecule has 0 saturated carbocycles. The maximum absolute atomic E-state index is 12.1. The van der Waals surface area contributed by atoms with Crippen molar-refractivity contribution in [3.05, 3.63) is 54.6 Å². The topological polar surface area (TPSA) is 73.6 Å². The number of amides is 1. The molecule has 5 nitrogen and oxygen atoms in total. The van der Waals surface area contributed by atoms with Gasteiger partial charge in [0.2, 0.25) is 0 Å². The summed E-state index contributed by atoms with van der Waals surface area (Å²) in [7, 11) is 0. The predicted octanol–water partition coefficient (Wildman–Crippen LogP) is 3.35. The molecule has 1 saturated heterocycles. The molecule has 3 N–H and O–H groups in total. The quantitative estimate of drug-likeness (QED) is 0.869. The van der Waals surface area contributed by atoms with Crippen LogP contribution in [0.2, 0.25) is 0 Å². The molecule has 0 aromatic heterocycles. The number of rotatable bonds is 5. The summed E-state index contributed by atoms with van der Waals surface area (Å²) in [6.45, 7) is 0.454. The first-order valence-electron chi connectivity index (χ1n) is 7.74. The first-order chi connectivity index (χ1) is 11.2. The van der Waals surface area contributed by atoms with Gasteiger partial charge >= 0.3 is 0 Å². The van der Waals surface area contributed by atoms with Crippen LogP contribution in [0.5, 0.6) is 11.5 Å². The standard InChI is InChI=1S/C18H20N2O3.ClH/c19-12-16-10-11-17(23-16)18(21)20-13-6-8-15(9-7-13)22-14-4-2-1-3-5-14;/h1-9,16-17H,10-12,19H2,(H,20,21);1H/t16-,17+;/m1./s1. The number of nitrogens with two attached hydrogens (primary N) is 1. The Morgan fingerprint density at radius 3 is 2.38 bits per heavy atom. The largest absolute Gasteiger partial charge is 0.457 e. The van der Waals surface area contributed by atoms with E-state index < -0.39 is 6.10 Å². The SMILES string of the molecule is Cl.NC[C@H]1CC[C@@H](C(=O)Nc2ccc(Oc3ccccc3)cc2)O1. The van der Waals surface area contributed by atoms with E-state index in [1.807, 2.05) is 54.6 Å². The molecule has 3 rings (SSSR count). The van der Waals surface area contributed by atoms with Crippen molar-refractivity contribution in [2.45, 2.75) is 25.0 Å². The molecule has 1 aliphatic rings. The number of anilines is 1. The smallest absolute Gasteiger partial charge is 0.253 e. The van der Waals surface area contributed by atoms with Crippen LogP contribution in [0.1, 0.15) is 12.8 Å². The summed E-state index contributed by atoms with van der Waals surface area (Å²) in [6.07, 6.45) is 1.12. The van der Waals surface area contributed by atoms with E-state index >= 15 is 0 Å². The summed E-state index contributed by atoms with van der Waals surface area (Å²) < 4.78 is 11.3. The van der Waals surface area contributed by atoms with Gasteiger partial charge in [0.05, 0.1) is 6.10 Å². The Hall–Kier alpha value is -2.08. The van der Waals surface area contributed by atoms with E-state index in [-0.39, 0.29) is 24.4 Å². The van der Waals surface area contributed by atoms with Crippen LogP contribution in [0, 0.1) is 0 Å². The molecule has 0 unspecified atom stereocenters. The zero-order valence-electron chi connectivity index (χ0n) is 13.2. The molecule has 0 bridgehead atoms. The van der Waals surface area contributed by atoms with Crippen molar-refractivity contribution >= 4 is 24.0 Å². The number of carbonyl (C=O) groups excluding carboxylic acids is 1. The normalized spacial score (nSPS) is 19.4. The highest BCUT2D eigenvalue weighted by molar-refractivity contribution is 5.94. The van der Waals surface area contributed by atoms with E-state index in [4.69, 9.17) is 15.2 Å². The number of hydrogen-bond donors (Lipinski definition) is 2. The maximum Gasteiger partial charge on any atom is 0.253 e. The van der Waals surface area contributed by atoms with E-state index in [2.05, 4.69) is 5.32 Å². The molecule has 0 radical (unpaired) electrons. The molecule has 1 aliphatic heterocycles. The lowest BCUT2D eigenvalue weighted by Gasteiger charge is -2.13. The summed E-state index contributed by atoms with van der Waals surface area (Å²) in [5.41, 5.74) is 6.28. The molecule has 0 aliphatic carbocycles. The minimum atomic E-state index is -0.413. The predicted molar refractivity (Wildman–Crippen MR) is 95.8 cm³/mol. The lowest BCUT2D eigenvalue weighted by atomic mass is 10.2. The van der Waals surface area contributed by atoms with E-state index in [1.165, 1.54) is 0 Å². The van der Waals surface area contributed by atoms with Gasteiger partial charge in [0.1, 0.15) is 17.6 Å². The van der Waals surface area contributed by atoms with Crippen molar-refractivity contribution in [3.63, 3.8) is 0 Å². The average molecular weight is 349 g/mol. The molecule has 2 atom stereocenters. The highest BCUT2D eigenvalue weighted by Gasteiger charge is 2.29. The molecule has 24 heavy (non-hydrogen) atoms. The second kappa shape index (κ2) is 8.68. The van der Waals surface area contributed by atoms with Gasteiger partial charge in [-0.2, -0.15) is 0 Å². The molecular weight excluding hydrogens is 328 g/mol. The third kappa shape index (κ3) is 4.71. The van der Waals surface area contributed by atoms with E-state index in [0.717, 1.165) is 23.6 Å². The van der Waals surface area contributed by atoms with Crippen LogP contribution in [-0.4, -0.2) is 24.7 Å². The first-order valence-corrected chi connectivity index (χ1v) is 7.74. The van der Waals surface area contributed by atoms with Gasteiger partial charge < -0.3 is 20.5 Å². The van der Waals surface area contributed by atoms with Gasteiger partial charge in [-0.3, -0.25) is 4.79 Å². The van der Waals surface area contributed by atoms with Crippen LogP contribution in [0.15, 0.2) is 54.6 Å². The van der Waals surface area contributed by atoms with Crippen LogP contribution in [0.25, 0.3) is 0 Å². The second-order valence-electron chi connectivity index (χ2n) is 5.49. The lowest BCUT2D eigenvalue weighted by molar-refractivity contribution is -0.126. The highest BCUT2D eigenvalue weighted by atomic mass is 35.5. The van der Waals surface area contributed by atoms with Gasteiger partial charge in [0.15, 0.2) is 0 Å². The second-order valence-corrected chi connectivity index (χ2v) is 5.49. The zero-order valence-corrected chi connectivity index (χ0v) is 14.0. The molecule has 1 heterocycles. The first kappa shape index (κ1) is 18.3. The monoisotopic (exact) mass is 348 g/mol. The third-order valence-corrected chi connectivity index (χ3v) is 3.76. The Balaban J connectivity index is 0.00000208. The van der Waals surface area contributed by atoms with Crippen molar-refractivity contribution in [1.82, 2.24) is 0 Å². The molecule has 2 aromatic rings. The van der Waals surface area contributed by atoms with Gasteiger partial charge in [-0.05, 0) is 49.2 Å². The number of benzene rings is 2. The number of hydrogen-bond acceptors (Lipinski definition) is 4. The minimum Gasteiger partial charge on any atom is -0.457 e. The Morgan fingerprint density at radius 2 is 1.75 bits per heavy atom. The molecule has 6 heteroatoms. The molecule has 1 fully saturated rings. The van der Waals surface area contributed by atoms with Gasteiger partial charge in [-0.1, -0.05) is 18.2 Å². The van der Waals surface area contributed by atoms with Crippen LogP contribution in [0.4, 0.5) is 5.69 Å². The fraction of sp³-hybridized carbons (Fsp3) is 0.278. The van der Waals surface area contributed by atoms with Crippen LogP contribution < -0.4 is 15.8 Å². The molecule has 1 amide bonds. The fourth-order valence-corrected chi connectivity index (χ4v) is 2.53. The van der Waals surface area contributed by atoms with E-state index in [0.29, 0.717) is 13.0 Å². The molecule has 128 valence electrons. The van der Waals surface area contributed by atoms with Gasteiger partial charge in [-0.15, -0.1) is 12.4 Å². The number of nitrogens with one attached hydrogen (secondary N) is 1. The third-order valence-electron chi connectivity index (χ3n) is 3.76. The Morgan fingerprint density at radius 1 is 1.08 bits per heavy atom. The number of carbonyl (C=O) groups is 1. The Kier molecular flexibility index (Phi) is 6.61. The Labute approximate surface area is 147 Å². The maximum atomic E-state index is 12.1. The van der Waals surface area contributed by atoms with E-state index in [9.17, 15) is 4.79 Å². The van der Waals surface area contributed by atoms with Crippen molar-refractivity contribution in [2.75, 3.05) is 11.9 Å². The fourth-order valence-electron chi connectivity index (χ4n) is 2.53. The average Bonchev–Trinajstić information content (AvgIpc) is 3.07. The Bertz CT molecular complexity index is 649.